The lowest BCUT2D eigenvalue weighted by Crippen LogP contribution is -2.26. The molecule has 0 aliphatic carbocycles. The number of carbonyl (C=O) groups is 2. The van der Waals surface area contributed by atoms with Crippen LogP contribution in [0.3, 0.4) is 0 Å². The van der Waals surface area contributed by atoms with Crippen molar-refractivity contribution >= 4 is 11.9 Å². The van der Waals surface area contributed by atoms with Crippen molar-refractivity contribution in [3.63, 3.8) is 0 Å². The average Bonchev–Trinajstić information content (AvgIpc) is 2.57. The van der Waals surface area contributed by atoms with E-state index in [-0.39, 0.29) is 18.7 Å². The summed E-state index contributed by atoms with van der Waals surface area (Å²) in [6.07, 6.45) is 16.6. The highest BCUT2D eigenvalue weighted by atomic mass is 16.5. The van der Waals surface area contributed by atoms with Crippen LogP contribution in [-0.4, -0.2) is 35.9 Å². The van der Waals surface area contributed by atoms with Crippen LogP contribution in [0.15, 0.2) is 0 Å². The third kappa shape index (κ3) is 17.3. The second-order valence-corrected chi connectivity index (χ2v) is 6.85. The molecule has 0 bridgehead atoms. The largest absolute Gasteiger partial charge is 0.463 e. The lowest BCUT2D eigenvalue weighted by atomic mass is 10.0. The van der Waals surface area contributed by atoms with Gasteiger partial charge in [-0.1, -0.05) is 44.9 Å². The molecule has 5 heteroatoms. The molecule has 2 unspecified atom stereocenters. The van der Waals surface area contributed by atoms with Crippen molar-refractivity contribution in [2.45, 2.75) is 103 Å². The molecule has 2 atom stereocenters. The Morgan fingerprint density at radius 1 is 0.923 bits per heavy atom. The molecule has 0 aromatic heterocycles. The van der Waals surface area contributed by atoms with E-state index in [4.69, 9.17) is 15.9 Å². The molecule has 0 aliphatic rings. The Hall–Kier alpha value is -1.54. The third-order valence-corrected chi connectivity index (χ3v) is 4.19. The predicted molar refractivity (Wildman–Crippen MR) is 102 cm³/mol. The number of aliphatic hydroxyl groups is 1. The van der Waals surface area contributed by atoms with Gasteiger partial charge in [0.25, 0.3) is 0 Å². The Balaban J connectivity index is 3.75. The minimum absolute atomic E-state index is 0.0611. The fourth-order valence-corrected chi connectivity index (χ4v) is 2.88. The van der Waals surface area contributed by atoms with Gasteiger partial charge in [0, 0.05) is 26.7 Å². The molecule has 1 N–H and O–H groups in total. The molecule has 0 aromatic carbocycles. The Morgan fingerprint density at radius 2 is 1.46 bits per heavy atom. The third-order valence-electron chi connectivity index (χ3n) is 4.19. The summed E-state index contributed by atoms with van der Waals surface area (Å²) in [7, 11) is 0. The number of rotatable bonds is 16. The SMILES string of the molecule is C#CCCCCCCCCCCCC(CC(O)COC(C)=O)OC(C)=O. The summed E-state index contributed by atoms with van der Waals surface area (Å²) in [6, 6.07) is 0. The zero-order valence-corrected chi connectivity index (χ0v) is 16.5. The molecule has 0 aromatic rings. The first-order valence-corrected chi connectivity index (χ1v) is 9.87. The zero-order valence-electron chi connectivity index (χ0n) is 16.5. The van der Waals surface area contributed by atoms with Gasteiger partial charge in [-0.15, -0.1) is 12.3 Å². The van der Waals surface area contributed by atoms with Crippen molar-refractivity contribution in [3.8, 4) is 12.3 Å². The summed E-state index contributed by atoms with van der Waals surface area (Å²) in [6.45, 7) is 2.61. The van der Waals surface area contributed by atoms with E-state index in [0.29, 0.717) is 6.42 Å². The fourth-order valence-electron chi connectivity index (χ4n) is 2.88. The minimum Gasteiger partial charge on any atom is -0.463 e. The highest BCUT2D eigenvalue weighted by Gasteiger charge is 2.18. The zero-order chi connectivity index (χ0) is 19.6. The van der Waals surface area contributed by atoms with Gasteiger partial charge in [-0.25, -0.2) is 0 Å². The van der Waals surface area contributed by atoms with Gasteiger partial charge in [0.2, 0.25) is 0 Å². The molecule has 150 valence electrons. The van der Waals surface area contributed by atoms with Gasteiger partial charge in [0.15, 0.2) is 0 Å². The Bertz CT molecular complexity index is 413. The topological polar surface area (TPSA) is 72.8 Å². The first-order chi connectivity index (χ1) is 12.5. The molecular formula is C21H36O5. The van der Waals surface area contributed by atoms with Gasteiger partial charge in [-0.3, -0.25) is 9.59 Å². The molecular weight excluding hydrogens is 332 g/mol. The van der Waals surface area contributed by atoms with Gasteiger partial charge in [-0.2, -0.15) is 0 Å². The molecule has 0 rings (SSSR count). The van der Waals surface area contributed by atoms with Crippen LogP contribution in [0.2, 0.25) is 0 Å². The second-order valence-electron chi connectivity index (χ2n) is 6.85. The summed E-state index contributed by atoms with van der Waals surface area (Å²) < 4.78 is 10.0. The number of carbonyl (C=O) groups excluding carboxylic acids is 2. The number of unbranched alkanes of at least 4 members (excludes halogenated alkanes) is 9. The van der Waals surface area contributed by atoms with Gasteiger partial charge in [-0.05, 0) is 19.3 Å². The summed E-state index contributed by atoms with van der Waals surface area (Å²) in [5, 5.41) is 9.88. The summed E-state index contributed by atoms with van der Waals surface area (Å²) in [4.78, 5) is 22.0. The van der Waals surface area contributed by atoms with Crippen molar-refractivity contribution in [1.29, 1.82) is 0 Å². The normalized spacial score (nSPS) is 12.8. The van der Waals surface area contributed by atoms with Crippen LogP contribution >= 0.6 is 0 Å². The first kappa shape index (κ1) is 24.5. The minimum atomic E-state index is -0.808. The Kier molecular flexibility index (Phi) is 15.9. The van der Waals surface area contributed by atoms with E-state index >= 15 is 0 Å². The van der Waals surface area contributed by atoms with E-state index in [9.17, 15) is 14.7 Å². The van der Waals surface area contributed by atoms with Crippen molar-refractivity contribution in [2.75, 3.05) is 6.61 Å². The summed E-state index contributed by atoms with van der Waals surface area (Å²) in [5.74, 6) is 1.89. The molecule has 26 heavy (non-hydrogen) atoms. The van der Waals surface area contributed by atoms with Crippen LogP contribution < -0.4 is 0 Å². The molecule has 0 heterocycles. The molecule has 0 saturated carbocycles. The lowest BCUT2D eigenvalue weighted by molar-refractivity contribution is -0.151. The standard InChI is InChI=1S/C21H36O5/c1-4-5-6-7-8-9-10-11-12-13-14-15-21(26-19(3)23)16-20(24)17-25-18(2)22/h1,20-21,24H,5-17H2,2-3H3. The van der Waals surface area contributed by atoms with Crippen LogP contribution in [0.4, 0.5) is 0 Å². The number of esters is 2. The summed E-state index contributed by atoms with van der Waals surface area (Å²) >= 11 is 0. The van der Waals surface area contributed by atoms with Gasteiger partial charge < -0.3 is 14.6 Å². The van der Waals surface area contributed by atoms with Crippen molar-refractivity contribution in [2.24, 2.45) is 0 Å². The fraction of sp³-hybridized carbons (Fsp3) is 0.810. The molecule has 0 spiro atoms. The maximum atomic E-state index is 11.2. The van der Waals surface area contributed by atoms with Crippen LogP contribution in [0.5, 0.6) is 0 Å². The van der Waals surface area contributed by atoms with Crippen LogP contribution in [0.25, 0.3) is 0 Å². The van der Waals surface area contributed by atoms with Crippen molar-refractivity contribution in [1.82, 2.24) is 0 Å². The molecule has 0 aliphatic heterocycles. The van der Waals surface area contributed by atoms with Gasteiger partial charge >= 0.3 is 11.9 Å². The van der Waals surface area contributed by atoms with E-state index in [1.165, 1.54) is 52.4 Å². The number of hydrogen-bond donors (Lipinski definition) is 1. The van der Waals surface area contributed by atoms with Gasteiger partial charge in [0.1, 0.15) is 12.7 Å². The summed E-state index contributed by atoms with van der Waals surface area (Å²) in [5.41, 5.74) is 0. The van der Waals surface area contributed by atoms with E-state index in [0.717, 1.165) is 32.1 Å². The second kappa shape index (κ2) is 16.9. The molecule has 0 saturated heterocycles. The van der Waals surface area contributed by atoms with Gasteiger partial charge in [0.05, 0.1) is 6.10 Å². The molecule has 0 radical (unpaired) electrons. The first-order valence-electron chi connectivity index (χ1n) is 9.87. The highest BCUT2D eigenvalue weighted by Crippen LogP contribution is 2.16. The lowest BCUT2D eigenvalue weighted by Gasteiger charge is -2.20. The van der Waals surface area contributed by atoms with Crippen molar-refractivity contribution < 1.29 is 24.2 Å². The maximum absolute atomic E-state index is 11.2. The van der Waals surface area contributed by atoms with Crippen LogP contribution in [-0.2, 0) is 19.1 Å². The quantitative estimate of drug-likeness (QED) is 0.252. The van der Waals surface area contributed by atoms with E-state index in [2.05, 4.69) is 5.92 Å². The Morgan fingerprint density at radius 3 is 1.96 bits per heavy atom. The van der Waals surface area contributed by atoms with Crippen LogP contribution in [0.1, 0.15) is 90.9 Å². The molecule has 0 amide bonds. The molecule has 0 fully saturated rings. The number of aliphatic hydroxyl groups excluding tert-OH is 1. The monoisotopic (exact) mass is 368 g/mol. The maximum Gasteiger partial charge on any atom is 0.302 e. The highest BCUT2D eigenvalue weighted by molar-refractivity contribution is 5.66. The smallest absolute Gasteiger partial charge is 0.302 e. The molecule has 5 nitrogen and oxygen atoms in total. The predicted octanol–water partition coefficient (Wildman–Crippen LogP) is 4.16. The number of hydrogen-bond acceptors (Lipinski definition) is 5. The number of ether oxygens (including phenoxy) is 2. The van der Waals surface area contributed by atoms with Crippen molar-refractivity contribution in [3.05, 3.63) is 0 Å². The van der Waals surface area contributed by atoms with E-state index in [1.807, 2.05) is 0 Å². The van der Waals surface area contributed by atoms with E-state index in [1.54, 1.807) is 0 Å². The number of terminal acetylenes is 1. The van der Waals surface area contributed by atoms with E-state index < -0.39 is 12.1 Å². The average molecular weight is 369 g/mol. The Labute approximate surface area is 158 Å². The van der Waals surface area contributed by atoms with Crippen LogP contribution in [0, 0.1) is 12.3 Å².